The maximum absolute atomic E-state index is 4.56. The van der Waals surface area contributed by atoms with Gasteiger partial charge in [-0.1, -0.05) is 33.1 Å². The van der Waals surface area contributed by atoms with E-state index in [4.69, 9.17) is 0 Å². The highest BCUT2D eigenvalue weighted by atomic mass is 15.1. The molecule has 0 radical (unpaired) electrons. The van der Waals surface area contributed by atoms with Crippen LogP contribution in [0.3, 0.4) is 0 Å². The van der Waals surface area contributed by atoms with Crippen LogP contribution in [-0.2, 0) is 13.0 Å². The van der Waals surface area contributed by atoms with Crippen LogP contribution in [0, 0.1) is 5.92 Å². The number of hydrogen-bond donors (Lipinski definition) is 1. The van der Waals surface area contributed by atoms with Crippen LogP contribution in [0.25, 0.3) is 0 Å². The predicted molar refractivity (Wildman–Crippen MR) is 80.3 cm³/mol. The van der Waals surface area contributed by atoms with E-state index in [-0.39, 0.29) is 0 Å². The summed E-state index contributed by atoms with van der Waals surface area (Å²) >= 11 is 0. The molecule has 1 aliphatic carbocycles. The Hall–Kier alpha value is -0.830. The van der Waals surface area contributed by atoms with Crippen LogP contribution < -0.4 is 5.32 Å². The Balaban J connectivity index is 1.90. The van der Waals surface area contributed by atoms with Crippen molar-refractivity contribution in [1.82, 2.24) is 14.9 Å². The van der Waals surface area contributed by atoms with Gasteiger partial charge in [0.05, 0.1) is 0 Å². The molecule has 3 nitrogen and oxygen atoms in total. The fraction of sp³-hybridized carbons (Fsp3) is 0.812. The first-order chi connectivity index (χ1) is 9.33. The van der Waals surface area contributed by atoms with Crippen molar-refractivity contribution in [2.24, 2.45) is 5.92 Å². The summed E-state index contributed by atoms with van der Waals surface area (Å²) in [7, 11) is 0. The van der Waals surface area contributed by atoms with E-state index in [9.17, 15) is 0 Å². The number of nitrogens with one attached hydrogen (secondary N) is 1. The molecule has 1 fully saturated rings. The van der Waals surface area contributed by atoms with Gasteiger partial charge in [0.2, 0.25) is 0 Å². The molecule has 1 unspecified atom stereocenters. The van der Waals surface area contributed by atoms with E-state index in [1.165, 1.54) is 44.3 Å². The van der Waals surface area contributed by atoms with E-state index in [2.05, 4.69) is 34.9 Å². The van der Waals surface area contributed by atoms with Crippen molar-refractivity contribution in [1.29, 1.82) is 0 Å². The van der Waals surface area contributed by atoms with Gasteiger partial charge in [0.15, 0.2) is 0 Å². The minimum atomic E-state index is 0.614. The standard InChI is InChI=1S/C16H29N3/c1-3-8-17-15(12-14-6-5-7-14)13-16-18-9-11-19(16)10-4-2/h9,11,14-15,17H,3-8,10,12-13H2,1-2H3. The van der Waals surface area contributed by atoms with Crippen molar-refractivity contribution in [3.8, 4) is 0 Å². The largest absolute Gasteiger partial charge is 0.335 e. The molecular formula is C16H29N3. The number of rotatable bonds is 9. The SMILES string of the molecule is CCCNC(Cc1nccn1CCC)CC1CCC1. The maximum Gasteiger partial charge on any atom is 0.110 e. The number of aromatic nitrogens is 2. The molecule has 1 aromatic heterocycles. The smallest absolute Gasteiger partial charge is 0.110 e. The summed E-state index contributed by atoms with van der Waals surface area (Å²) in [5.41, 5.74) is 0. The van der Waals surface area contributed by atoms with Gasteiger partial charge < -0.3 is 9.88 Å². The predicted octanol–water partition coefficient (Wildman–Crippen LogP) is 3.39. The summed E-state index contributed by atoms with van der Waals surface area (Å²) in [6, 6.07) is 0.614. The zero-order chi connectivity index (χ0) is 13.5. The summed E-state index contributed by atoms with van der Waals surface area (Å²) in [4.78, 5) is 4.56. The van der Waals surface area contributed by atoms with Crippen LogP contribution >= 0.6 is 0 Å². The molecule has 0 saturated heterocycles. The first-order valence-electron chi connectivity index (χ1n) is 8.06. The Morgan fingerprint density at radius 3 is 2.84 bits per heavy atom. The van der Waals surface area contributed by atoms with Gasteiger partial charge >= 0.3 is 0 Å². The molecule has 1 aromatic rings. The van der Waals surface area contributed by atoms with Crippen molar-refractivity contribution >= 4 is 0 Å². The van der Waals surface area contributed by atoms with E-state index < -0.39 is 0 Å². The monoisotopic (exact) mass is 263 g/mol. The van der Waals surface area contributed by atoms with Crippen LogP contribution in [0.2, 0.25) is 0 Å². The lowest BCUT2D eigenvalue weighted by molar-refractivity contribution is 0.257. The lowest BCUT2D eigenvalue weighted by Gasteiger charge is -2.30. The third-order valence-corrected chi connectivity index (χ3v) is 4.22. The quantitative estimate of drug-likeness (QED) is 0.740. The van der Waals surface area contributed by atoms with Gasteiger partial charge in [0.1, 0.15) is 5.82 Å². The molecule has 0 spiro atoms. The van der Waals surface area contributed by atoms with Crippen molar-refractivity contribution in [3.05, 3.63) is 18.2 Å². The summed E-state index contributed by atoms with van der Waals surface area (Å²) in [6.45, 7) is 6.70. The van der Waals surface area contributed by atoms with Crippen molar-refractivity contribution in [2.75, 3.05) is 6.54 Å². The second-order valence-electron chi connectivity index (χ2n) is 5.92. The van der Waals surface area contributed by atoms with Crippen LogP contribution in [-0.4, -0.2) is 22.1 Å². The molecule has 19 heavy (non-hydrogen) atoms. The molecule has 1 N–H and O–H groups in total. The van der Waals surface area contributed by atoms with Gasteiger partial charge in [-0.3, -0.25) is 0 Å². The average molecular weight is 263 g/mol. The Bertz CT molecular complexity index is 355. The van der Waals surface area contributed by atoms with E-state index in [0.29, 0.717) is 6.04 Å². The van der Waals surface area contributed by atoms with Crippen LogP contribution in [0.4, 0.5) is 0 Å². The molecule has 0 aromatic carbocycles. The zero-order valence-corrected chi connectivity index (χ0v) is 12.6. The first kappa shape index (κ1) is 14.6. The van der Waals surface area contributed by atoms with Gasteiger partial charge in [-0.25, -0.2) is 4.98 Å². The number of aryl methyl sites for hydroxylation is 1. The Morgan fingerprint density at radius 2 is 2.21 bits per heavy atom. The highest BCUT2D eigenvalue weighted by molar-refractivity contribution is 4.96. The molecule has 0 aliphatic heterocycles. The average Bonchev–Trinajstić information content (AvgIpc) is 2.78. The Morgan fingerprint density at radius 1 is 1.37 bits per heavy atom. The second-order valence-corrected chi connectivity index (χ2v) is 5.92. The highest BCUT2D eigenvalue weighted by Crippen LogP contribution is 2.31. The molecule has 108 valence electrons. The van der Waals surface area contributed by atoms with E-state index in [1.807, 2.05) is 6.20 Å². The van der Waals surface area contributed by atoms with Crippen molar-refractivity contribution in [3.63, 3.8) is 0 Å². The summed E-state index contributed by atoms with van der Waals surface area (Å²) < 4.78 is 2.32. The highest BCUT2D eigenvalue weighted by Gasteiger charge is 2.22. The van der Waals surface area contributed by atoms with Gasteiger partial charge in [-0.2, -0.15) is 0 Å². The van der Waals surface area contributed by atoms with Gasteiger partial charge in [-0.05, 0) is 31.7 Å². The van der Waals surface area contributed by atoms with E-state index >= 15 is 0 Å². The van der Waals surface area contributed by atoms with Crippen molar-refractivity contribution in [2.45, 2.75) is 71.4 Å². The molecule has 3 heteroatoms. The van der Waals surface area contributed by atoms with Crippen molar-refractivity contribution < 1.29 is 0 Å². The second kappa shape index (κ2) is 7.68. The fourth-order valence-corrected chi connectivity index (χ4v) is 2.91. The molecule has 1 atom stereocenters. The molecule has 1 heterocycles. The molecule has 0 bridgehead atoms. The minimum absolute atomic E-state index is 0.614. The molecule has 2 rings (SSSR count). The summed E-state index contributed by atoms with van der Waals surface area (Å²) in [5.74, 6) is 2.22. The first-order valence-corrected chi connectivity index (χ1v) is 8.06. The van der Waals surface area contributed by atoms with Crippen LogP contribution in [0.1, 0.15) is 58.2 Å². The lowest BCUT2D eigenvalue weighted by Crippen LogP contribution is -2.36. The molecule has 1 saturated carbocycles. The van der Waals surface area contributed by atoms with Gasteiger partial charge in [0.25, 0.3) is 0 Å². The third-order valence-electron chi connectivity index (χ3n) is 4.22. The fourth-order valence-electron chi connectivity index (χ4n) is 2.91. The topological polar surface area (TPSA) is 29.9 Å². The number of imidazole rings is 1. The summed E-state index contributed by atoms with van der Waals surface area (Å²) in [6.07, 6.45) is 13.2. The Kier molecular flexibility index (Phi) is 5.90. The maximum atomic E-state index is 4.56. The van der Waals surface area contributed by atoms with Gasteiger partial charge in [-0.15, -0.1) is 0 Å². The Labute approximate surface area is 117 Å². The molecule has 1 aliphatic rings. The molecular weight excluding hydrogens is 234 g/mol. The normalized spacial score (nSPS) is 17.4. The number of nitrogens with zero attached hydrogens (tertiary/aromatic N) is 2. The van der Waals surface area contributed by atoms with Crippen LogP contribution in [0.5, 0.6) is 0 Å². The van der Waals surface area contributed by atoms with Gasteiger partial charge in [0, 0.05) is 31.4 Å². The zero-order valence-electron chi connectivity index (χ0n) is 12.6. The van der Waals surface area contributed by atoms with E-state index in [0.717, 1.165) is 25.4 Å². The van der Waals surface area contributed by atoms with E-state index in [1.54, 1.807) is 0 Å². The molecule has 0 amide bonds. The van der Waals surface area contributed by atoms with Crippen LogP contribution in [0.15, 0.2) is 12.4 Å². The summed E-state index contributed by atoms with van der Waals surface area (Å²) in [5, 5.41) is 3.72. The number of hydrogen-bond acceptors (Lipinski definition) is 2. The minimum Gasteiger partial charge on any atom is -0.335 e. The third kappa shape index (κ3) is 4.34. The lowest BCUT2D eigenvalue weighted by atomic mass is 9.80.